The van der Waals surface area contributed by atoms with Gasteiger partial charge in [0.25, 0.3) is 0 Å². The smallest absolute Gasteiger partial charge is 0.171 e. The highest BCUT2D eigenvalue weighted by atomic mass is 19.4. The van der Waals surface area contributed by atoms with E-state index in [1.165, 1.54) is 0 Å². The van der Waals surface area contributed by atoms with Gasteiger partial charge >= 0.3 is 6.18 Å². The van der Waals surface area contributed by atoms with Gasteiger partial charge < -0.3 is 0 Å². The van der Waals surface area contributed by atoms with Gasteiger partial charge in [-0.1, -0.05) is 6.92 Å². The zero-order valence-electron chi connectivity index (χ0n) is 5.91. The fourth-order valence-electron chi connectivity index (χ4n) is 1.15. The molecular formula is C7H11F3. The van der Waals surface area contributed by atoms with Gasteiger partial charge in [-0.3, -0.25) is 0 Å². The fraction of sp³-hybridized carbons (Fsp3) is 1.00. The summed E-state index contributed by atoms with van der Waals surface area (Å²) in [7, 11) is 0. The van der Waals surface area contributed by atoms with Crippen molar-refractivity contribution in [2.75, 3.05) is 0 Å². The second-order valence-corrected chi connectivity index (χ2v) is 3.13. The molecule has 0 spiro atoms. The predicted octanol–water partition coefficient (Wildman–Crippen LogP) is 2.98. The Hall–Kier alpha value is -0.210. The van der Waals surface area contributed by atoms with E-state index >= 15 is 0 Å². The normalized spacial score (nSPS) is 32.4. The summed E-state index contributed by atoms with van der Waals surface area (Å²) >= 11 is 0. The molecule has 0 bridgehead atoms. The third-order valence-corrected chi connectivity index (χ3v) is 2.07. The van der Waals surface area contributed by atoms with E-state index in [-0.39, 0.29) is 0 Å². The zero-order valence-corrected chi connectivity index (χ0v) is 5.91. The maximum Gasteiger partial charge on any atom is 0.389 e. The third kappa shape index (κ3) is 2.58. The Morgan fingerprint density at radius 1 is 1.40 bits per heavy atom. The topological polar surface area (TPSA) is 0 Å². The quantitative estimate of drug-likeness (QED) is 0.570. The van der Waals surface area contributed by atoms with E-state index in [4.69, 9.17) is 0 Å². The van der Waals surface area contributed by atoms with E-state index in [9.17, 15) is 13.2 Å². The molecule has 0 aliphatic heterocycles. The largest absolute Gasteiger partial charge is 0.389 e. The summed E-state index contributed by atoms with van der Waals surface area (Å²) < 4.78 is 34.7. The van der Waals surface area contributed by atoms with Gasteiger partial charge in [0.15, 0.2) is 0 Å². The summed E-state index contributed by atoms with van der Waals surface area (Å²) in [6.45, 7) is 2.00. The molecule has 1 aliphatic rings. The van der Waals surface area contributed by atoms with Crippen molar-refractivity contribution in [2.45, 2.75) is 32.4 Å². The van der Waals surface area contributed by atoms with Gasteiger partial charge in [0.05, 0.1) is 0 Å². The molecule has 0 aromatic rings. The van der Waals surface area contributed by atoms with E-state index in [0.717, 1.165) is 6.42 Å². The number of rotatable bonds is 2. The summed E-state index contributed by atoms with van der Waals surface area (Å²) in [5, 5.41) is 0. The van der Waals surface area contributed by atoms with Crippen LogP contribution in [-0.2, 0) is 0 Å². The lowest BCUT2D eigenvalue weighted by atomic mass is 10.2. The SMILES string of the molecule is CC1CC1CCC(F)(F)F. The molecule has 1 rings (SSSR count). The fourth-order valence-corrected chi connectivity index (χ4v) is 1.15. The van der Waals surface area contributed by atoms with Crippen LogP contribution in [0.15, 0.2) is 0 Å². The zero-order chi connectivity index (χ0) is 7.78. The Balaban J connectivity index is 2.06. The van der Waals surface area contributed by atoms with Gasteiger partial charge in [-0.25, -0.2) is 0 Å². The minimum absolute atomic E-state index is 0.338. The molecule has 0 radical (unpaired) electrons. The lowest BCUT2D eigenvalue weighted by Gasteiger charge is -2.03. The molecule has 0 saturated heterocycles. The lowest BCUT2D eigenvalue weighted by Crippen LogP contribution is -2.06. The van der Waals surface area contributed by atoms with Crippen LogP contribution >= 0.6 is 0 Å². The van der Waals surface area contributed by atoms with Gasteiger partial charge in [-0.2, -0.15) is 13.2 Å². The summed E-state index contributed by atoms with van der Waals surface area (Å²) in [5.74, 6) is 0.906. The molecule has 1 fully saturated rings. The van der Waals surface area contributed by atoms with Crippen LogP contribution in [-0.4, -0.2) is 6.18 Å². The van der Waals surface area contributed by atoms with Gasteiger partial charge in [0.2, 0.25) is 0 Å². The molecule has 0 amide bonds. The van der Waals surface area contributed by atoms with Crippen molar-refractivity contribution in [3.8, 4) is 0 Å². The molecule has 0 nitrogen and oxygen atoms in total. The molecule has 3 heteroatoms. The summed E-state index contributed by atoms with van der Waals surface area (Å²) in [6.07, 6.45) is -3.20. The predicted molar refractivity (Wildman–Crippen MR) is 32.6 cm³/mol. The van der Waals surface area contributed by atoms with Crippen molar-refractivity contribution in [2.24, 2.45) is 11.8 Å². The van der Waals surface area contributed by atoms with E-state index in [1.54, 1.807) is 0 Å². The lowest BCUT2D eigenvalue weighted by molar-refractivity contribution is -0.136. The highest BCUT2D eigenvalue weighted by molar-refractivity contribution is 4.82. The average Bonchev–Trinajstić information content (AvgIpc) is 2.40. The van der Waals surface area contributed by atoms with Crippen molar-refractivity contribution in [1.82, 2.24) is 0 Å². The maximum absolute atomic E-state index is 11.6. The van der Waals surface area contributed by atoms with Crippen LogP contribution in [0.25, 0.3) is 0 Å². The Kier molecular flexibility index (Phi) is 1.92. The molecule has 0 aromatic carbocycles. The Labute approximate surface area is 58.4 Å². The van der Waals surface area contributed by atoms with Crippen molar-refractivity contribution in [1.29, 1.82) is 0 Å². The molecule has 60 valence electrons. The number of alkyl halides is 3. The Morgan fingerprint density at radius 3 is 2.20 bits per heavy atom. The van der Waals surface area contributed by atoms with Gasteiger partial charge in [0.1, 0.15) is 0 Å². The van der Waals surface area contributed by atoms with E-state index in [2.05, 4.69) is 0 Å². The standard InChI is InChI=1S/C7H11F3/c1-5-4-6(5)2-3-7(8,9)10/h5-6H,2-4H2,1H3. The summed E-state index contributed by atoms with van der Waals surface area (Å²) in [6, 6.07) is 0. The van der Waals surface area contributed by atoms with Crippen LogP contribution in [0.5, 0.6) is 0 Å². The highest BCUT2D eigenvalue weighted by Crippen LogP contribution is 2.43. The molecular weight excluding hydrogens is 141 g/mol. The van der Waals surface area contributed by atoms with Crippen LogP contribution in [0.1, 0.15) is 26.2 Å². The van der Waals surface area contributed by atoms with E-state index in [0.29, 0.717) is 18.3 Å². The van der Waals surface area contributed by atoms with E-state index in [1.807, 2.05) is 6.92 Å². The molecule has 10 heavy (non-hydrogen) atoms. The van der Waals surface area contributed by atoms with Crippen LogP contribution in [0, 0.1) is 11.8 Å². The van der Waals surface area contributed by atoms with Gasteiger partial charge in [-0.05, 0) is 24.7 Å². The van der Waals surface area contributed by atoms with Crippen molar-refractivity contribution >= 4 is 0 Å². The molecule has 2 unspecified atom stereocenters. The van der Waals surface area contributed by atoms with Crippen LogP contribution in [0.4, 0.5) is 13.2 Å². The summed E-state index contributed by atoms with van der Waals surface area (Å²) in [4.78, 5) is 0. The van der Waals surface area contributed by atoms with Crippen LogP contribution in [0.3, 0.4) is 0 Å². The van der Waals surface area contributed by atoms with Gasteiger partial charge in [-0.15, -0.1) is 0 Å². The first kappa shape index (κ1) is 7.89. The molecule has 0 N–H and O–H groups in total. The minimum Gasteiger partial charge on any atom is -0.171 e. The van der Waals surface area contributed by atoms with E-state index < -0.39 is 12.6 Å². The Morgan fingerprint density at radius 2 is 1.90 bits per heavy atom. The second-order valence-electron chi connectivity index (χ2n) is 3.13. The number of halogens is 3. The minimum atomic E-state index is -3.94. The summed E-state index contributed by atoms with van der Waals surface area (Å²) in [5.41, 5.74) is 0. The first-order valence-electron chi connectivity index (χ1n) is 3.56. The molecule has 1 saturated carbocycles. The molecule has 0 heterocycles. The highest BCUT2D eigenvalue weighted by Gasteiger charge is 2.36. The van der Waals surface area contributed by atoms with Crippen molar-refractivity contribution in [3.63, 3.8) is 0 Å². The average molecular weight is 152 g/mol. The number of hydrogen-bond donors (Lipinski definition) is 0. The second kappa shape index (κ2) is 2.44. The Bertz CT molecular complexity index is 117. The van der Waals surface area contributed by atoms with Crippen LogP contribution < -0.4 is 0 Å². The third-order valence-electron chi connectivity index (χ3n) is 2.07. The van der Waals surface area contributed by atoms with Crippen molar-refractivity contribution in [3.05, 3.63) is 0 Å². The molecule has 2 atom stereocenters. The molecule has 0 aromatic heterocycles. The van der Waals surface area contributed by atoms with Crippen LogP contribution in [0.2, 0.25) is 0 Å². The molecule has 1 aliphatic carbocycles. The maximum atomic E-state index is 11.6. The first-order valence-corrected chi connectivity index (χ1v) is 3.56. The van der Waals surface area contributed by atoms with Gasteiger partial charge in [0, 0.05) is 6.42 Å². The monoisotopic (exact) mass is 152 g/mol. The van der Waals surface area contributed by atoms with Crippen molar-refractivity contribution < 1.29 is 13.2 Å². The first-order chi connectivity index (χ1) is 4.49. The number of hydrogen-bond acceptors (Lipinski definition) is 0.